The molecule has 2 rings (SSSR count). The minimum absolute atomic E-state index is 0.0110. The van der Waals surface area contributed by atoms with Crippen molar-refractivity contribution in [2.24, 2.45) is 0 Å². The molecule has 0 spiro atoms. The molecule has 0 bridgehead atoms. The Morgan fingerprint density at radius 3 is 2.00 bits per heavy atom. The van der Waals surface area contributed by atoms with Crippen LogP contribution in [-0.4, -0.2) is 51.3 Å². The Balaban J connectivity index is 1.93. The van der Waals surface area contributed by atoms with E-state index in [1.54, 1.807) is 50.2 Å². The molecular weight excluding hydrogens is 394 g/mol. The lowest BCUT2D eigenvalue weighted by atomic mass is 10.2. The number of methoxy groups -OCH3 is 1. The molecule has 0 saturated carbocycles. The number of carbonyl (C=O) groups is 2. The van der Waals surface area contributed by atoms with Crippen molar-refractivity contribution >= 4 is 33.3 Å². The summed E-state index contributed by atoms with van der Waals surface area (Å²) in [6.07, 6.45) is 0. The van der Waals surface area contributed by atoms with Crippen molar-refractivity contribution in [3.8, 4) is 0 Å². The molecule has 156 valence electrons. The molecule has 0 aliphatic carbocycles. The van der Waals surface area contributed by atoms with Crippen LogP contribution < -0.4 is 10.6 Å². The van der Waals surface area contributed by atoms with Crippen LogP contribution >= 0.6 is 0 Å². The first-order valence-electron chi connectivity index (χ1n) is 9.14. The fourth-order valence-corrected chi connectivity index (χ4v) is 4.11. The Morgan fingerprint density at radius 2 is 1.48 bits per heavy atom. The van der Waals surface area contributed by atoms with Gasteiger partial charge in [0.2, 0.25) is 15.9 Å². The third-order valence-electron chi connectivity index (χ3n) is 4.24. The molecule has 0 unspecified atom stereocenters. The molecule has 0 atom stereocenters. The minimum Gasteiger partial charge on any atom is -0.465 e. The maximum atomic E-state index is 12.5. The summed E-state index contributed by atoms with van der Waals surface area (Å²) >= 11 is 0. The first-order valence-corrected chi connectivity index (χ1v) is 10.6. The molecule has 8 nitrogen and oxygen atoms in total. The number of hydrogen-bond donors (Lipinski definition) is 2. The summed E-state index contributed by atoms with van der Waals surface area (Å²) in [6, 6.07) is 12.6. The van der Waals surface area contributed by atoms with Gasteiger partial charge in [-0.3, -0.25) is 4.79 Å². The Hall–Kier alpha value is -2.91. The minimum atomic E-state index is -3.53. The van der Waals surface area contributed by atoms with E-state index in [9.17, 15) is 18.0 Å². The summed E-state index contributed by atoms with van der Waals surface area (Å²) in [5.41, 5.74) is 1.59. The molecule has 2 N–H and O–H groups in total. The standard InChI is InChI=1S/C20H25N3O5S/c1-4-23(5-2)29(26,27)18-12-10-17(11-13-18)22-19(24)14-21-16-8-6-15(7-9-16)20(25)28-3/h6-13,21H,4-5,14H2,1-3H3,(H,22,24). The van der Waals surface area contributed by atoms with Crippen LogP contribution in [0.4, 0.5) is 11.4 Å². The summed E-state index contributed by atoms with van der Waals surface area (Å²) in [7, 11) is -2.22. The van der Waals surface area contributed by atoms with E-state index in [2.05, 4.69) is 15.4 Å². The Bertz CT molecular complexity index is 937. The normalized spacial score (nSPS) is 11.2. The number of nitrogens with one attached hydrogen (secondary N) is 2. The Labute approximate surface area is 170 Å². The summed E-state index contributed by atoms with van der Waals surface area (Å²) in [4.78, 5) is 23.7. The number of rotatable bonds is 9. The smallest absolute Gasteiger partial charge is 0.337 e. The molecule has 0 heterocycles. The first kappa shape index (κ1) is 22.4. The molecule has 0 fully saturated rings. The third kappa shape index (κ3) is 5.78. The van der Waals surface area contributed by atoms with Gasteiger partial charge >= 0.3 is 5.97 Å². The van der Waals surface area contributed by atoms with E-state index in [4.69, 9.17) is 0 Å². The van der Waals surface area contributed by atoms with E-state index in [-0.39, 0.29) is 17.3 Å². The maximum absolute atomic E-state index is 12.5. The fourth-order valence-electron chi connectivity index (χ4n) is 2.65. The number of nitrogens with zero attached hydrogens (tertiary/aromatic N) is 1. The van der Waals surface area contributed by atoms with Gasteiger partial charge in [0, 0.05) is 24.5 Å². The molecule has 0 radical (unpaired) electrons. The van der Waals surface area contributed by atoms with Crippen LogP contribution in [0.5, 0.6) is 0 Å². The molecule has 2 aromatic rings. The van der Waals surface area contributed by atoms with E-state index < -0.39 is 16.0 Å². The molecule has 1 amide bonds. The van der Waals surface area contributed by atoms with Crippen molar-refractivity contribution < 1.29 is 22.7 Å². The second kappa shape index (κ2) is 10.0. The predicted octanol–water partition coefficient (Wildman–Crippen LogP) is 2.55. The highest BCUT2D eigenvalue weighted by molar-refractivity contribution is 7.89. The van der Waals surface area contributed by atoms with Gasteiger partial charge in [0.1, 0.15) is 0 Å². The fraction of sp³-hybridized carbons (Fsp3) is 0.300. The summed E-state index contributed by atoms with van der Waals surface area (Å²) < 4.78 is 30.9. The lowest BCUT2D eigenvalue weighted by Crippen LogP contribution is -2.30. The summed E-state index contributed by atoms with van der Waals surface area (Å²) in [5.74, 6) is -0.720. The van der Waals surface area contributed by atoms with Gasteiger partial charge in [-0.05, 0) is 48.5 Å². The van der Waals surface area contributed by atoms with E-state index in [0.29, 0.717) is 30.0 Å². The van der Waals surface area contributed by atoms with Crippen LogP contribution in [0.15, 0.2) is 53.4 Å². The molecule has 2 aromatic carbocycles. The molecule has 29 heavy (non-hydrogen) atoms. The lowest BCUT2D eigenvalue weighted by molar-refractivity contribution is -0.114. The van der Waals surface area contributed by atoms with Crippen molar-refractivity contribution in [2.75, 3.05) is 37.4 Å². The number of benzene rings is 2. The highest BCUT2D eigenvalue weighted by atomic mass is 32.2. The van der Waals surface area contributed by atoms with Crippen molar-refractivity contribution in [2.45, 2.75) is 18.7 Å². The number of hydrogen-bond acceptors (Lipinski definition) is 6. The number of amides is 1. The summed E-state index contributed by atoms with van der Waals surface area (Å²) in [5, 5.41) is 5.65. The zero-order chi connectivity index (χ0) is 21.4. The van der Waals surface area contributed by atoms with E-state index >= 15 is 0 Å². The SMILES string of the molecule is CCN(CC)S(=O)(=O)c1ccc(NC(=O)CNc2ccc(C(=O)OC)cc2)cc1. The number of sulfonamides is 1. The Morgan fingerprint density at radius 1 is 0.931 bits per heavy atom. The molecule has 0 aliphatic heterocycles. The van der Waals surface area contributed by atoms with Gasteiger partial charge in [0.25, 0.3) is 0 Å². The molecular formula is C20H25N3O5S. The van der Waals surface area contributed by atoms with Crippen LogP contribution in [0.2, 0.25) is 0 Å². The van der Waals surface area contributed by atoms with E-state index in [1.165, 1.54) is 23.5 Å². The summed E-state index contributed by atoms with van der Waals surface area (Å²) in [6.45, 7) is 4.36. The van der Waals surface area contributed by atoms with Gasteiger partial charge in [-0.25, -0.2) is 13.2 Å². The number of esters is 1. The van der Waals surface area contributed by atoms with Crippen molar-refractivity contribution in [1.82, 2.24) is 4.31 Å². The second-order valence-corrected chi connectivity index (χ2v) is 8.02. The third-order valence-corrected chi connectivity index (χ3v) is 6.30. The predicted molar refractivity (Wildman–Crippen MR) is 111 cm³/mol. The highest BCUT2D eigenvalue weighted by Gasteiger charge is 2.21. The highest BCUT2D eigenvalue weighted by Crippen LogP contribution is 2.18. The topological polar surface area (TPSA) is 105 Å². The maximum Gasteiger partial charge on any atom is 0.337 e. The van der Waals surface area contributed by atoms with Crippen molar-refractivity contribution in [1.29, 1.82) is 0 Å². The molecule has 9 heteroatoms. The largest absolute Gasteiger partial charge is 0.465 e. The van der Waals surface area contributed by atoms with E-state index in [1.807, 2.05) is 0 Å². The van der Waals surface area contributed by atoms with Crippen LogP contribution in [0.1, 0.15) is 24.2 Å². The average molecular weight is 420 g/mol. The quantitative estimate of drug-likeness (QED) is 0.605. The van der Waals surface area contributed by atoms with Crippen molar-refractivity contribution in [3.05, 3.63) is 54.1 Å². The number of ether oxygens (including phenoxy) is 1. The van der Waals surface area contributed by atoms with Gasteiger partial charge < -0.3 is 15.4 Å². The van der Waals surface area contributed by atoms with E-state index in [0.717, 1.165) is 0 Å². The van der Waals surface area contributed by atoms with Crippen molar-refractivity contribution in [3.63, 3.8) is 0 Å². The number of anilines is 2. The van der Waals surface area contributed by atoms with Gasteiger partial charge in [-0.2, -0.15) is 4.31 Å². The first-order chi connectivity index (χ1) is 13.8. The monoisotopic (exact) mass is 419 g/mol. The molecule has 0 aromatic heterocycles. The second-order valence-electron chi connectivity index (χ2n) is 6.08. The van der Waals surface area contributed by atoms with Crippen LogP contribution in [0.25, 0.3) is 0 Å². The van der Waals surface area contributed by atoms with Crippen LogP contribution in [0.3, 0.4) is 0 Å². The molecule has 0 saturated heterocycles. The zero-order valence-electron chi connectivity index (χ0n) is 16.6. The average Bonchev–Trinajstić information content (AvgIpc) is 2.73. The van der Waals surface area contributed by atoms with Crippen LogP contribution in [-0.2, 0) is 19.6 Å². The van der Waals surface area contributed by atoms with Gasteiger partial charge in [0.15, 0.2) is 0 Å². The number of carbonyl (C=O) groups excluding carboxylic acids is 2. The lowest BCUT2D eigenvalue weighted by Gasteiger charge is -2.18. The van der Waals surface area contributed by atoms with Gasteiger partial charge in [0.05, 0.1) is 24.1 Å². The Kier molecular flexibility index (Phi) is 7.74. The van der Waals surface area contributed by atoms with Gasteiger partial charge in [-0.15, -0.1) is 0 Å². The van der Waals surface area contributed by atoms with Crippen LogP contribution in [0, 0.1) is 0 Å². The molecule has 0 aliphatic rings. The zero-order valence-corrected chi connectivity index (χ0v) is 17.5. The van der Waals surface area contributed by atoms with Gasteiger partial charge in [-0.1, -0.05) is 13.8 Å².